The maximum atomic E-state index is 12.0. The zero-order chi connectivity index (χ0) is 18.2. The number of amides is 1. The van der Waals surface area contributed by atoms with Crippen molar-refractivity contribution in [2.75, 3.05) is 7.11 Å². The van der Waals surface area contributed by atoms with Crippen LogP contribution in [0.15, 0.2) is 28.8 Å². The maximum absolute atomic E-state index is 12.0. The Balaban J connectivity index is 1.69. The summed E-state index contributed by atoms with van der Waals surface area (Å²) in [7, 11) is 1.66. The van der Waals surface area contributed by atoms with Crippen LogP contribution in [-0.2, 0) is 17.6 Å². The molecule has 136 valence electrons. The molecular formula is C19H27N3O3. The first-order valence-electron chi connectivity index (χ1n) is 8.72. The van der Waals surface area contributed by atoms with E-state index < -0.39 is 0 Å². The lowest BCUT2D eigenvalue weighted by Crippen LogP contribution is -2.33. The molecule has 0 aliphatic carbocycles. The summed E-state index contributed by atoms with van der Waals surface area (Å²) in [6, 6.07) is 8.12. The van der Waals surface area contributed by atoms with Gasteiger partial charge in [-0.25, -0.2) is 0 Å². The SMILES string of the molecule is COc1ccc(CC[C@H](C)NC(=O)CCc2nc(C(C)C)no2)cc1. The second-order valence-electron chi connectivity index (χ2n) is 6.56. The Labute approximate surface area is 149 Å². The van der Waals surface area contributed by atoms with Gasteiger partial charge in [-0.2, -0.15) is 4.98 Å². The zero-order valence-corrected chi connectivity index (χ0v) is 15.4. The van der Waals surface area contributed by atoms with Crippen LogP contribution < -0.4 is 10.1 Å². The molecule has 1 amide bonds. The molecule has 1 heterocycles. The van der Waals surface area contributed by atoms with Gasteiger partial charge in [-0.1, -0.05) is 31.1 Å². The molecule has 0 saturated carbocycles. The summed E-state index contributed by atoms with van der Waals surface area (Å²) >= 11 is 0. The van der Waals surface area contributed by atoms with Gasteiger partial charge in [0.15, 0.2) is 5.82 Å². The van der Waals surface area contributed by atoms with E-state index in [2.05, 4.69) is 27.6 Å². The Morgan fingerprint density at radius 2 is 1.92 bits per heavy atom. The normalized spacial score (nSPS) is 12.2. The van der Waals surface area contributed by atoms with Crippen molar-refractivity contribution < 1.29 is 14.1 Å². The minimum atomic E-state index is 0.00604. The fraction of sp³-hybridized carbons (Fsp3) is 0.526. The molecule has 25 heavy (non-hydrogen) atoms. The molecule has 1 aromatic carbocycles. The number of benzene rings is 1. The highest BCUT2D eigenvalue weighted by Gasteiger charge is 2.12. The average Bonchev–Trinajstić information content (AvgIpc) is 3.08. The number of aromatic nitrogens is 2. The van der Waals surface area contributed by atoms with Gasteiger partial charge >= 0.3 is 0 Å². The lowest BCUT2D eigenvalue weighted by atomic mass is 10.1. The van der Waals surface area contributed by atoms with Gasteiger partial charge in [0.05, 0.1) is 7.11 Å². The van der Waals surface area contributed by atoms with Crippen molar-refractivity contribution in [3.8, 4) is 5.75 Å². The van der Waals surface area contributed by atoms with E-state index in [0.717, 1.165) is 18.6 Å². The van der Waals surface area contributed by atoms with E-state index in [0.29, 0.717) is 24.6 Å². The minimum Gasteiger partial charge on any atom is -0.497 e. The molecule has 0 aliphatic heterocycles. The number of methoxy groups -OCH3 is 1. The fourth-order valence-corrected chi connectivity index (χ4v) is 2.42. The topological polar surface area (TPSA) is 77.2 Å². The quantitative estimate of drug-likeness (QED) is 0.755. The lowest BCUT2D eigenvalue weighted by Gasteiger charge is -2.13. The Morgan fingerprint density at radius 1 is 1.20 bits per heavy atom. The summed E-state index contributed by atoms with van der Waals surface area (Å²) in [4.78, 5) is 16.3. The van der Waals surface area contributed by atoms with Gasteiger partial charge < -0.3 is 14.6 Å². The highest BCUT2D eigenvalue weighted by molar-refractivity contribution is 5.76. The number of carbonyl (C=O) groups excluding carboxylic acids is 1. The van der Waals surface area contributed by atoms with E-state index in [9.17, 15) is 4.79 Å². The van der Waals surface area contributed by atoms with E-state index in [1.54, 1.807) is 7.11 Å². The minimum absolute atomic E-state index is 0.00604. The summed E-state index contributed by atoms with van der Waals surface area (Å²) in [5.74, 6) is 2.29. The predicted octanol–water partition coefficient (Wildman–Crippen LogP) is 3.27. The summed E-state index contributed by atoms with van der Waals surface area (Å²) in [6.45, 7) is 6.03. The van der Waals surface area contributed by atoms with Crippen molar-refractivity contribution in [3.05, 3.63) is 41.5 Å². The molecule has 0 unspecified atom stereocenters. The third-order valence-electron chi connectivity index (χ3n) is 4.00. The first-order valence-corrected chi connectivity index (χ1v) is 8.72. The van der Waals surface area contributed by atoms with Crippen LogP contribution in [0.3, 0.4) is 0 Å². The highest BCUT2D eigenvalue weighted by Crippen LogP contribution is 2.13. The Morgan fingerprint density at radius 3 is 2.52 bits per heavy atom. The van der Waals surface area contributed by atoms with Gasteiger partial charge in [-0.05, 0) is 37.5 Å². The first kappa shape index (κ1) is 19.0. The van der Waals surface area contributed by atoms with Crippen LogP contribution in [0.25, 0.3) is 0 Å². The van der Waals surface area contributed by atoms with Crippen molar-refractivity contribution in [3.63, 3.8) is 0 Å². The van der Waals surface area contributed by atoms with Crippen LogP contribution in [0.1, 0.15) is 56.8 Å². The Kier molecular flexibility index (Phi) is 6.98. The van der Waals surface area contributed by atoms with Crippen molar-refractivity contribution in [2.24, 2.45) is 0 Å². The number of hydrogen-bond acceptors (Lipinski definition) is 5. The predicted molar refractivity (Wildman–Crippen MR) is 95.6 cm³/mol. The van der Waals surface area contributed by atoms with Gasteiger partial charge in [-0.15, -0.1) is 0 Å². The maximum Gasteiger partial charge on any atom is 0.227 e. The van der Waals surface area contributed by atoms with Crippen molar-refractivity contribution in [1.29, 1.82) is 0 Å². The number of nitrogens with one attached hydrogen (secondary N) is 1. The Hall–Kier alpha value is -2.37. The molecule has 6 heteroatoms. The molecule has 1 N–H and O–H groups in total. The standard InChI is InChI=1S/C19H27N3O3/c1-13(2)19-21-18(25-22-19)12-11-17(23)20-14(3)5-6-15-7-9-16(24-4)10-8-15/h7-10,13-14H,5-6,11-12H2,1-4H3,(H,20,23)/t14-/m0/s1. The summed E-state index contributed by atoms with van der Waals surface area (Å²) in [6.07, 6.45) is 2.62. The van der Waals surface area contributed by atoms with Crippen LogP contribution in [0.2, 0.25) is 0 Å². The van der Waals surface area contributed by atoms with Crippen LogP contribution in [-0.4, -0.2) is 29.2 Å². The van der Waals surface area contributed by atoms with Gasteiger partial charge in [0.1, 0.15) is 5.75 Å². The van der Waals surface area contributed by atoms with E-state index in [4.69, 9.17) is 9.26 Å². The van der Waals surface area contributed by atoms with E-state index >= 15 is 0 Å². The third-order valence-corrected chi connectivity index (χ3v) is 4.00. The van der Waals surface area contributed by atoms with Gasteiger partial charge in [0, 0.05) is 24.8 Å². The monoisotopic (exact) mass is 345 g/mol. The molecule has 2 rings (SSSR count). The smallest absolute Gasteiger partial charge is 0.227 e. The number of hydrogen-bond donors (Lipinski definition) is 1. The molecule has 0 aliphatic rings. The molecule has 0 radical (unpaired) electrons. The molecule has 0 fully saturated rings. The van der Waals surface area contributed by atoms with Crippen molar-refractivity contribution >= 4 is 5.91 Å². The van der Waals surface area contributed by atoms with E-state index in [1.807, 2.05) is 32.9 Å². The fourth-order valence-electron chi connectivity index (χ4n) is 2.42. The first-order chi connectivity index (χ1) is 12.0. The van der Waals surface area contributed by atoms with Gasteiger partial charge in [-0.3, -0.25) is 4.79 Å². The van der Waals surface area contributed by atoms with Crippen LogP contribution >= 0.6 is 0 Å². The molecule has 0 spiro atoms. The molecule has 1 atom stereocenters. The van der Waals surface area contributed by atoms with Crippen molar-refractivity contribution in [2.45, 2.75) is 58.4 Å². The van der Waals surface area contributed by atoms with E-state index in [-0.39, 0.29) is 17.9 Å². The second-order valence-corrected chi connectivity index (χ2v) is 6.56. The summed E-state index contributed by atoms with van der Waals surface area (Å²) in [5.41, 5.74) is 1.23. The average molecular weight is 345 g/mol. The summed E-state index contributed by atoms with van der Waals surface area (Å²) in [5, 5.41) is 6.92. The third kappa shape index (κ3) is 6.21. The molecule has 0 saturated heterocycles. The molecule has 6 nitrogen and oxygen atoms in total. The molecular weight excluding hydrogens is 318 g/mol. The van der Waals surface area contributed by atoms with Gasteiger partial charge in [0.25, 0.3) is 0 Å². The largest absolute Gasteiger partial charge is 0.497 e. The van der Waals surface area contributed by atoms with Crippen LogP contribution in [0, 0.1) is 0 Å². The number of nitrogens with zero attached hydrogens (tertiary/aromatic N) is 2. The van der Waals surface area contributed by atoms with Crippen molar-refractivity contribution in [1.82, 2.24) is 15.5 Å². The highest BCUT2D eigenvalue weighted by atomic mass is 16.5. The molecule has 2 aromatic rings. The molecule has 1 aromatic heterocycles. The Bertz CT molecular complexity index is 665. The van der Waals surface area contributed by atoms with Crippen LogP contribution in [0.4, 0.5) is 0 Å². The lowest BCUT2D eigenvalue weighted by molar-refractivity contribution is -0.121. The second kappa shape index (κ2) is 9.20. The molecule has 0 bridgehead atoms. The van der Waals surface area contributed by atoms with Gasteiger partial charge in [0.2, 0.25) is 11.8 Å². The van der Waals surface area contributed by atoms with Crippen LogP contribution in [0.5, 0.6) is 5.75 Å². The van der Waals surface area contributed by atoms with E-state index in [1.165, 1.54) is 5.56 Å². The summed E-state index contributed by atoms with van der Waals surface area (Å²) < 4.78 is 10.3. The number of rotatable bonds is 9. The number of carbonyl (C=O) groups is 1. The zero-order valence-electron chi connectivity index (χ0n) is 15.4. The number of aryl methyl sites for hydroxylation is 2. The number of ether oxygens (including phenoxy) is 1.